The Hall–Kier alpha value is -2.53. The lowest BCUT2D eigenvalue weighted by molar-refractivity contribution is -0.122. The molecule has 0 aliphatic carbocycles. The third kappa shape index (κ3) is 4.99. The van der Waals surface area contributed by atoms with Crippen molar-refractivity contribution in [1.82, 2.24) is 0 Å². The molecule has 2 aromatic rings. The average Bonchev–Trinajstić information content (AvgIpc) is 2.57. The molecule has 6 heteroatoms. The smallest absolute Gasteiger partial charge is 0.338 e. The van der Waals surface area contributed by atoms with Gasteiger partial charge in [-0.15, -0.1) is 0 Å². The van der Waals surface area contributed by atoms with E-state index in [4.69, 9.17) is 21.1 Å². The maximum Gasteiger partial charge on any atom is 0.338 e. The molecule has 0 fully saturated rings. The number of carbonyl (C=O) groups excluding carboxylic acids is 2. The predicted octanol–water partition coefficient (Wildman–Crippen LogP) is 3.92. The van der Waals surface area contributed by atoms with Crippen LogP contribution in [0.4, 0.5) is 5.69 Å². The first-order valence-electron chi connectivity index (χ1n) is 7.50. The molecule has 0 bridgehead atoms. The minimum atomic E-state index is -0.700. The average molecular weight is 348 g/mol. The SMILES string of the molecule is CCOC(=O)c1ccc(OC(C)C(=O)Nc2ccc(Cl)cc2)cc1. The summed E-state index contributed by atoms with van der Waals surface area (Å²) in [4.78, 5) is 23.7. The molecule has 1 amide bonds. The number of nitrogens with one attached hydrogen (secondary N) is 1. The maximum atomic E-state index is 12.1. The van der Waals surface area contributed by atoms with Crippen LogP contribution in [0.25, 0.3) is 0 Å². The highest BCUT2D eigenvalue weighted by Crippen LogP contribution is 2.17. The summed E-state index contributed by atoms with van der Waals surface area (Å²) >= 11 is 5.80. The van der Waals surface area contributed by atoms with E-state index >= 15 is 0 Å². The van der Waals surface area contributed by atoms with Crippen LogP contribution in [0.2, 0.25) is 5.02 Å². The monoisotopic (exact) mass is 347 g/mol. The standard InChI is InChI=1S/C18H18ClNO4/c1-3-23-18(22)13-4-10-16(11-5-13)24-12(2)17(21)20-15-8-6-14(19)7-9-15/h4-12H,3H2,1-2H3,(H,20,21). The van der Waals surface area contributed by atoms with Crippen molar-refractivity contribution >= 4 is 29.2 Å². The minimum Gasteiger partial charge on any atom is -0.481 e. The summed E-state index contributed by atoms with van der Waals surface area (Å²) in [7, 11) is 0. The van der Waals surface area contributed by atoms with Gasteiger partial charge in [0.2, 0.25) is 0 Å². The van der Waals surface area contributed by atoms with E-state index in [0.717, 1.165) is 0 Å². The van der Waals surface area contributed by atoms with Gasteiger partial charge in [0.05, 0.1) is 12.2 Å². The van der Waals surface area contributed by atoms with Crippen molar-refractivity contribution in [3.8, 4) is 5.75 Å². The van der Waals surface area contributed by atoms with Crippen LogP contribution in [-0.2, 0) is 9.53 Å². The molecule has 0 saturated carbocycles. The summed E-state index contributed by atoms with van der Waals surface area (Å²) in [5.74, 6) is -0.189. The number of benzene rings is 2. The number of ether oxygens (including phenoxy) is 2. The van der Waals surface area contributed by atoms with Crippen molar-refractivity contribution in [1.29, 1.82) is 0 Å². The van der Waals surface area contributed by atoms with Gasteiger partial charge >= 0.3 is 5.97 Å². The largest absolute Gasteiger partial charge is 0.481 e. The second-order valence-electron chi connectivity index (χ2n) is 5.00. The molecule has 0 aliphatic heterocycles. The lowest BCUT2D eigenvalue weighted by atomic mass is 10.2. The molecular formula is C18H18ClNO4. The third-order valence-electron chi connectivity index (χ3n) is 3.16. The first-order chi connectivity index (χ1) is 11.5. The molecule has 1 atom stereocenters. The molecule has 1 N–H and O–H groups in total. The van der Waals surface area contributed by atoms with Crippen LogP contribution >= 0.6 is 11.6 Å². The van der Waals surface area contributed by atoms with Crippen molar-refractivity contribution in [3.63, 3.8) is 0 Å². The molecular weight excluding hydrogens is 330 g/mol. The Kier molecular flexibility index (Phi) is 6.21. The van der Waals surface area contributed by atoms with E-state index in [1.807, 2.05) is 0 Å². The molecule has 0 radical (unpaired) electrons. The van der Waals surface area contributed by atoms with Crippen LogP contribution in [0.1, 0.15) is 24.2 Å². The molecule has 0 saturated heterocycles. The molecule has 126 valence electrons. The Labute approximate surface area is 145 Å². The van der Waals surface area contributed by atoms with Gasteiger partial charge < -0.3 is 14.8 Å². The summed E-state index contributed by atoms with van der Waals surface area (Å²) in [6.07, 6.45) is -0.700. The van der Waals surface area contributed by atoms with E-state index < -0.39 is 12.1 Å². The predicted molar refractivity (Wildman–Crippen MR) is 92.6 cm³/mol. The van der Waals surface area contributed by atoms with Crippen molar-refractivity contribution in [2.45, 2.75) is 20.0 Å². The fourth-order valence-corrected chi connectivity index (χ4v) is 2.04. The lowest BCUT2D eigenvalue weighted by Gasteiger charge is -2.15. The maximum absolute atomic E-state index is 12.1. The summed E-state index contributed by atoms with van der Waals surface area (Å²) in [5, 5.41) is 3.34. The van der Waals surface area contributed by atoms with Crippen LogP contribution in [0.3, 0.4) is 0 Å². The lowest BCUT2D eigenvalue weighted by Crippen LogP contribution is -2.30. The zero-order chi connectivity index (χ0) is 17.5. The number of amides is 1. The molecule has 1 unspecified atom stereocenters. The van der Waals surface area contributed by atoms with Gasteiger partial charge in [-0.2, -0.15) is 0 Å². The quantitative estimate of drug-likeness (QED) is 0.804. The van der Waals surface area contributed by atoms with Gasteiger partial charge in [0.1, 0.15) is 5.75 Å². The molecule has 2 rings (SSSR count). The van der Waals surface area contributed by atoms with Gasteiger partial charge in [-0.25, -0.2) is 4.79 Å². The molecule has 0 heterocycles. The topological polar surface area (TPSA) is 64.6 Å². The van der Waals surface area contributed by atoms with Crippen LogP contribution in [0.5, 0.6) is 5.75 Å². The molecule has 0 aromatic heterocycles. The highest BCUT2D eigenvalue weighted by Gasteiger charge is 2.15. The summed E-state index contributed by atoms with van der Waals surface area (Å²) in [6, 6.07) is 13.2. The van der Waals surface area contributed by atoms with Gasteiger partial charge in [0.25, 0.3) is 5.91 Å². The van der Waals surface area contributed by atoms with E-state index in [1.165, 1.54) is 0 Å². The summed E-state index contributed by atoms with van der Waals surface area (Å²) in [6.45, 7) is 3.71. The third-order valence-corrected chi connectivity index (χ3v) is 3.41. The highest BCUT2D eigenvalue weighted by molar-refractivity contribution is 6.30. The van der Waals surface area contributed by atoms with Gasteiger partial charge in [-0.3, -0.25) is 4.79 Å². The van der Waals surface area contributed by atoms with Crippen LogP contribution < -0.4 is 10.1 Å². The molecule has 2 aromatic carbocycles. The van der Waals surface area contributed by atoms with Crippen molar-refractivity contribution in [3.05, 3.63) is 59.1 Å². The zero-order valence-corrected chi connectivity index (χ0v) is 14.2. The van der Waals surface area contributed by atoms with Crippen molar-refractivity contribution < 1.29 is 19.1 Å². The van der Waals surface area contributed by atoms with Gasteiger partial charge in [0, 0.05) is 10.7 Å². The first-order valence-corrected chi connectivity index (χ1v) is 7.87. The molecule has 5 nitrogen and oxygen atoms in total. The Morgan fingerprint density at radius 2 is 1.71 bits per heavy atom. The normalized spacial score (nSPS) is 11.5. The van der Waals surface area contributed by atoms with Crippen LogP contribution in [0.15, 0.2) is 48.5 Å². The Bertz CT molecular complexity index is 698. The van der Waals surface area contributed by atoms with E-state index in [0.29, 0.717) is 28.6 Å². The van der Waals surface area contributed by atoms with Crippen LogP contribution in [0, 0.1) is 0 Å². The van der Waals surface area contributed by atoms with E-state index in [-0.39, 0.29) is 5.91 Å². The Morgan fingerprint density at radius 3 is 2.29 bits per heavy atom. The fraction of sp³-hybridized carbons (Fsp3) is 0.222. The van der Waals surface area contributed by atoms with Crippen LogP contribution in [-0.4, -0.2) is 24.6 Å². The number of rotatable bonds is 6. The van der Waals surface area contributed by atoms with Gasteiger partial charge in [-0.1, -0.05) is 11.6 Å². The van der Waals surface area contributed by atoms with Gasteiger partial charge in [0.15, 0.2) is 6.10 Å². The van der Waals surface area contributed by atoms with E-state index in [9.17, 15) is 9.59 Å². The fourth-order valence-electron chi connectivity index (χ4n) is 1.92. The minimum absolute atomic E-state index is 0.285. The number of esters is 1. The number of halogens is 1. The Balaban J connectivity index is 1.93. The number of carbonyl (C=O) groups is 2. The number of anilines is 1. The summed E-state index contributed by atoms with van der Waals surface area (Å²) in [5.41, 5.74) is 1.07. The van der Waals surface area contributed by atoms with E-state index in [2.05, 4.69) is 5.32 Å². The first kappa shape index (κ1) is 17.8. The second-order valence-corrected chi connectivity index (χ2v) is 5.44. The summed E-state index contributed by atoms with van der Waals surface area (Å²) < 4.78 is 10.5. The van der Waals surface area contributed by atoms with E-state index in [1.54, 1.807) is 62.4 Å². The molecule has 0 aliphatic rings. The zero-order valence-electron chi connectivity index (χ0n) is 13.4. The number of hydrogen-bond acceptors (Lipinski definition) is 4. The second kappa shape index (κ2) is 8.36. The van der Waals surface area contributed by atoms with Crippen molar-refractivity contribution in [2.75, 3.05) is 11.9 Å². The molecule has 24 heavy (non-hydrogen) atoms. The Morgan fingerprint density at radius 1 is 1.08 bits per heavy atom. The van der Waals surface area contributed by atoms with Gasteiger partial charge in [-0.05, 0) is 62.4 Å². The van der Waals surface area contributed by atoms with Crippen molar-refractivity contribution in [2.24, 2.45) is 0 Å². The number of hydrogen-bond donors (Lipinski definition) is 1. The highest BCUT2D eigenvalue weighted by atomic mass is 35.5. The molecule has 0 spiro atoms.